The van der Waals surface area contributed by atoms with Gasteiger partial charge in [-0.2, -0.15) is 12.8 Å². The van der Waals surface area contributed by atoms with Gasteiger partial charge < -0.3 is 5.11 Å². The lowest BCUT2D eigenvalue weighted by Crippen LogP contribution is -2.00. The minimum absolute atomic E-state index is 0.0391. The van der Waals surface area contributed by atoms with Crippen molar-refractivity contribution in [1.29, 1.82) is 0 Å². The highest BCUT2D eigenvalue weighted by molar-refractivity contribution is 7.86. The number of pyridine rings is 1. The van der Waals surface area contributed by atoms with Crippen molar-refractivity contribution < 1.29 is 26.6 Å². The molecule has 0 fully saturated rings. The molecule has 1 heterocycles. The van der Waals surface area contributed by atoms with E-state index in [-0.39, 0.29) is 11.3 Å². The maximum absolute atomic E-state index is 13.4. The van der Waals surface area contributed by atoms with Gasteiger partial charge in [0.15, 0.2) is 4.90 Å². The number of rotatable bonds is 3. The van der Waals surface area contributed by atoms with Gasteiger partial charge in [-0.25, -0.2) is 9.78 Å². The Balaban J connectivity index is 2.44. The summed E-state index contributed by atoms with van der Waals surface area (Å²) in [4.78, 5) is 12.9. The zero-order valence-electron chi connectivity index (χ0n) is 9.75. The molecule has 0 aliphatic heterocycles. The van der Waals surface area contributed by atoms with Crippen molar-refractivity contribution in [3.05, 3.63) is 47.9 Å². The second-order valence-corrected chi connectivity index (χ2v) is 5.12. The molecule has 0 atom stereocenters. The Kier molecular flexibility index (Phi) is 3.49. The predicted octanol–water partition coefficient (Wildman–Crippen LogP) is 2.24. The van der Waals surface area contributed by atoms with Gasteiger partial charge in [0.25, 0.3) is 0 Å². The molecule has 5 nitrogen and oxygen atoms in total. The molecule has 0 aliphatic carbocycles. The van der Waals surface area contributed by atoms with E-state index in [1.54, 1.807) is 0 Å². The molecule has 0 unspecified atom stereocenters. The van der Waals surface area contributed by atoms with Gasteiger partial charge >= 0.3 is 16.2 Å². The van der Waals surface area contributed by atoms with Crippen molar-refractivity contribution in [3.63, 3.8) is 0 Å². The Morgan fingerprint density at radius 2 is 1.70 bits per heavy atom. The number of carboxylic acids is 1. The molecule has 1 N–H and O–H groups in total. The normalized spacial score (nSPS) is 11.3. The summed E-state index contributed by atoms with van der Waals surface area (Å²) >= 11 is 0. The van der Waals surface area contributed by atoms with Crippen LogP contribution in [0.3, 0.4) is 0 Å². The van der Waals surface area contributed by atoms with E-state index in [9.17, 15) is 21.5 Å². The predicted molar refractivity (Wildman–Crippen MR) is 64.9 cm³/mol. The third-order valence-corrected chi connectivity index (χ3v) is 3.33. The smallest absolute Gasteiger partial charge is 0.336 e. The maximum atomic E-state index is 13.4. The van der Waals surface area contributed by atoms with Crippen molar-refractivity contribution >= 4 is 16.2 Å². The van der Waals surface area contributed by atoms with E-state index in [2.05, 4.69) is 4.98 Å². The minimum Gasteiger partial charge on any atom is -0.478 e. The van der Waals surface area contributed by atoms with E-state index in [0.717, 1.165) is 12.1 Å². The zero-order valence-corrected chi connectivity index (χ0v) is 10.6. The van der Waals surface area contributed by atoms with Crippen LogP contribution in [0.25, 0.3) is 11.3 Å². The molecule has 2 rings (SSSR count). The number of aromatic carboxylic acids is 1. The molecule has 2 aromatic rings. The van der Waals surface area contributed by atoms with Gasteiger partial charge in [-0.3, -0.25) is 0 Å². The molecule has 0 aliphatic rings. The fourth-order valence-electron chi connectivity index (χ4n) is 1.55. The Hall–Kier alpha value is -2.35. The molecule has 0 bridgehead atoms. The summed E-state index contributed by atoms with van der Waals surface area (Å²) in [5.74, 6) is -2.57. The van der Waals surface area contributed by atoms with Crippen LogP contribution in [0.4, 0.5) is 8.28 Å². The summed E-state index contributed by atoms with van der Waals surface area (Å²) in [7, 11) is -5.17. The first-order valence-electron chi connectivity index (χ1n) is 5.24. The quantitative estimate of drug-likeness (QED) is 0.694. The number of halogens is 2. The van der Waals surface area contributed by atoms with Crippen molar-refractivity contribution in [2.45, 2.75) is 4.90 Å². The summed E-state index contributed by atoms with van der Waals surface area (Å²) in [6.07, 6.45) is 0. The molecule has 20 heavy (non-hydrogen) atoms. The van der Waals surface area contributed by atoms with Crippen LogP contribution < -0.4 is 0 Å². The number of benzene rings is 1. The average Bonchev–Trinajstić information content (AvgIpc) is 2.37. The number of hydrogen-bond donors (Lipinski definition) is 1. The lowest BCUT2D eigenvalue weighted by atomic mass is 10.1. The lowest BCUT2D eigenvalue weighted by molar-refractivity contribution is 0.0697. The van der Waals surface area contributed by atoms with Gasteiger partial charge in [0.05, 0.1) is 11.3 Å². The summed E-state index contributed by atoms with van der Waals surface area (Å²) in [5.41, 5.74) is 0.473. The van der Waals surface area contributed by atoms with E-state index in [0.29, 0.717) is 5.56 Å². The molecule has 104 valence electrons. The van der Waals surface area contributed by atoms with Gasteiger partial charge in [0, 0.05) is 5.56 Å². The first-order chi connectivity index (χ1) is 9.29. The third-order valence-electron chi connectivity index (χ3n) is 2.50. The molecule has 0 amide bonds. The van der Waals surface area contributed by atoms with Crippen LogP contribution in [0.2, 0.25) is 0 Å². The van der Waals surface area contributed by atoms with Crippen molar-refractivity contribution in [1.82, 2.24) is 4.98 Å². The number of carbonyl (C=O) groups is 1. The zero-order chi connectivity index (χ0) is 14.9. The van der Waals surface area contributed by atoms with E-state index >= 15 is 0 Å². The second-order valence-electron chi connectivity index (χ2n) is 3.81. The van der Waals surface area contributed by atoms with Crippen LogP contribution in [0.5, 0.6) is 0 Å². The molecule has 1 aromatic heterocycles. The molecule has 1 aromatic carbocycles. The fourth-order valence-corrected chi connectivity index (χ4v) is 2.03. The van der Waals surface area contributed by atoms with E-state index in [1.807, 2.05) is 0 Å². The standard InChI is InChI=1S/C12H7F2NO4S/c13-11-10(20(14,18)19)6-5-9(15-11)7-1-3-8(4-2-7)12(16)17/h1-6H,(H,16,17). The SMILES string of the molecule is O=C(O)c1ccc(-c2ccc(S(=O)(=O)F)c(F)n2)cc1. The molecule has 0 radical (unpaired) electrons. The van der Waals surface area contributed by atoms with Gasteiger partial charge in [-0.1, -0.05) is 12.1 Å². The highest BCUT2D eigenvalue weighted by Crippen LogP contribution is 2.22. The van der Waals surface area contributed by atoms with Crippen molar-refractivity contribution in [3.8, 4) is 11.3 Å². The number of nitrogens with zero attached hydrogens (tertiary/aromatic N) is 1. The van der Waals surface area contributed by atoms with Crippen LogP contribution in [0, 0.1) is 5.95 Å². The van der Waals surface area contributed by atoms with E-state index in [4.69, 9.17) is 5.11 Å². The summed E-state index contributed by atoms with van der Waals surface area (Å²) < 4.78 is 47.3. The Labute approximate surface area is 112 Å². The van der Waals surface area contributed by atoms with Crippen LogP contribution >= 0.6 is 0 Å². The summed E-state index contributed by atoms with van der Waals surface area (Å²) in [5, 5.41) is 8.73. The Bertz CT molecular complexity index is 773. The number of hydrogen-bond acceptors (Lipinski definition) is 4. The van der Waals surface area contributed by atoms with Gasteiger partial charge in [0.1, 0.15) is 0 Å². The first-order valence-corrected chi connectivity index (χ1v) is 6.62. The number of carboxylic acid groups (broad SMARTS) is 1. The van der Waals surface area contributed by atoms with Crippen LogP contribution in [0.1, 0.15) is 10.4 Å². The maximum Gasteiger partial charge on any atom is 0.336 e. The number of aromatic nitrogens is 1. The molecular weight excluding hydrogens is 292 g/mol. The van der Waals surface area contributed by atoms with Crippen LogP contribution in [-0.2, 0) is 10.2 Å². The van der Waals surface area contributed by atoms with E-state index in [1.165, 1.54) is 24.3 Å². The topological polar surface area (TPSA) is 84.3 Å². The van der Waals surface area contributed by atoms with Crippen LogP contribution in [0.15, 0.2) is 41.3 Å². The molecule has 0 saturated heterocycles. The van der Waals surface area contributed by atoms with Gasteiger partial charge in [0.2, 0.25) is 5.95 Å². The minimum atomic E-state index is -5.17. The first kappa shape index (κ1) is 14.1. The molecule has 0 saturated carbocycles. The van der Waals surface area contributed by atoms with Crippen LogP contribution in [-0.4, -0.2) is 24.5 Å². The van der Waals surface area contributed by atoms with Crippen molar-refractivity contribution in [2.75, 3.05) is 0 Å². The highest BCUT2D eigenvalue weighted by Gasteiger charge is 2.19. The van der Waals surface area contributed by atoms with Crippen molar-refractivity contribution in [2.24, 2.45) is 0 Å². The average molecular weight is 299 g/mol. The highest BCUT2D eigenvalue weighted by atomic mass is 32.3. The summed E-state index contributed by atoms with van der Waals surface area (Å²) in [6.45, 7) is 0. The molecule has 8 heteroatoms. The van der Waals surface area contributed by atoms with Gasteiger partial charge in [-0.05, 0) is 24.3 Å². The second kappa shape index (κ2) is 4.97. The Morgan fingerprint density at radius 1 is 1.10 bits per heavy atom. The molecule has 0 spiro atoms. The summed E-state index contributed by atoms with van der Waals surface area (Å²) in [6, 6.07) is 7.24. The van der Waals surface area contributed by atoms with Gasteiger partial charge in [-0.15, -0.1) is 3.89 Å². The van der Waals surface area contributed by atoms with E-state index < -0.39 is 27.0 Å². The monoisotopic (exact) mass is 299 g/mol. The lowest BCUT2D eigenvalue weighted by Gasteiger charge is -2.03. The third kappa shape index (κ3) is 2.80. The largest absolute Gasteiger partial charge is 0.478 e. The molecular formula is C12H7F2NO4S. The fraction of sp³-hybridized carbons (Fsp3) is 0. The Morgan fingerprint density at radius 3 is 2.15 bits per heavy atom.